The van der Waals surface area contributed by atoms with E-state index in [9.17, 15) is 23.5 Å². The number of hydrogen-bond acceptors (Lipinski definition) is 2. The molecule has 1 saturated heterocycles. The molecule has 3 aromatic rings. The first-order valence-corrected chi connectivity index (χ1v) is 12.7. The van der Waals surface area contributed by atoms with Crippen LogP contribution in [-0.2, 0) is 24.2 Å². The van der Waals surface area contributed by atoms with Crippen molar-refractivity contribution >= 4 is 46.0 Å². The van der Waals surface area contributed by atoms with Crippen LogP contribution in [0, 0.1) is 18.8 Å². The number of piperidine rings is 1. The van der Waals surface area contributed by atoms with Gasteiger partial charge in [0.2, 0.25) is 0 Å². The number of halogens is 4. The van der Waals surface area contributed by atoms with E-state index in [1.165, 1.54) is 12.1 Å². The quantitative estimate of drug-likeness (QED) is 0.343. The third kappa shape index (κ3) is 4.99. The van der Waals surface area contributed by atoms with Gasteiger partial charge < -0.3 is 14.6 Å². The van der Waals surface area contributed by atoms with Gasteiger partial charge in [-0.1, -0.05) is 36.7 Å². The number of carboxylic acids is 1. The van der Waals surface area contributed by atoms with Crippen LogP contribution in [0.25, 0.3) is 10.9 Å². The van der Waals surface area contributed by atoms with Gasteiger partial charge in [0.25, 0.3) is 11.8 Å². The van der Waals surface area contributed by atoms with Crippen molar-refractivity contribution in [2.45, 2.75) is 32.6 Å². The number of alkyl halides is 2. The van der Waals surface area contributed by atoms with Crippen LogP contribution in [0.1, 0.15) is 46.1 Å². The second kappa shape index (κ2) is 10.1. The van der Waals surface area contributed by atoms with Crippen molar-refractivity contribution < 1.29 is 23.5 Å². The number of rotatable bonds is 6. The van der Waals surface area contributed by atoms with E-state index < -0.39 is 17.8 Å². The van der Waals surface area contributed by atoms with Gasteiger partial charge in [0.1, 0.15) is 0 Å². The second-order valence-electron chi connectivity index (χ2n) is 9.77. The number of aliphatic carboxylic acids is 1. The maximum atomic E-state index is 14.3. The molecule has 1 fully saturated rings. The van der Waals surface area contributed by atoms with Crippen molar-refractivity contribution in [1.82, 2.24) is 9.47 Å². The molecule has 1 aliphatic rings. The van der Waals surface area contributed by atoms with Crippen LogP contribution >= 0.6 is 23.2 Å². The van der Waals surface area contributed by atoms with Crippen molar-refractivity contribution in [2.24, 2.45) is 18.9 Å². The SMILES string of the molecule is C=CC(F)(F)c1cc(C)c2cc(Cc3c(Cl)ccc(C(=O)N4CCC(C(=O)O)C(C)C4)c3Cl)n(C)c2c1. The molecule has 1 amide bonds. The van der Waals surface area contributed by atoms with Crippen LogP contribution in [0.15, 0.2) is 43.0 Å². The van der Waals surface area contributed by atoms with Gasteiger partial charge in [0.15, 0.2) is 0 Å². The minimum atomic E-state index is -3.15. The van der Waals surface area contributed by atoms with E-state index in [1.54, 1.807) is 31.0 Å². The molecule has 1 aromatic heterocycles. The molecule has 0 aliphatic carbocycles. The number of benzene rings is 2. The molecule has 2 heterocycles. The van der Waals surface area contributed by atoms with Crippen molar-refractivity contribution in [3.63, 3.8) is 0 Å². The molecule has 9 heteroatoms. The molecule has 196 valence electrons. The highest BCUT2D eigenvalue weighted by Gasteiger charge is 2.34. The minimum Gasteiger partial charge on any atom is -0.481 e. The van der Waals surface area contributed by atoms with Crippen molar-refractivity contribution in [1.29, 1.82) is 0 Å². The number of carboxylic acid groups (broad SMARTS) is 1. The average molecular weight is 549 g/mol. The molecule has 2 atom stereocenters. The molecular weight excluding hydrogens is 521 g/mol. The second-order valence-corrected chi connectivity index (χ2v) is 10.6. The number of likely N-dealkylation sites (tertiary alicyclic amines) is 1. The van der Waals surface area contributed by atoms with Crippen LogP contribution in [0.4, 0.5) is 8.78 Å². The molecular formula is C28H28Cl2F2N2O3. The molecule has 0 saturated carbocycles. The van der Waals surface area contributed by atoms with Gasteiger partial charge in [-0.05, 0) is 66.8 Å². The summed E-state index contributed by atoms with van der Waals surface area (Å²) in [6, 6.07) is 8.04. The molecule has 0 bridgehead atoms. The topological polar surface area (TPSA) is 62.5 Å². The van der Waals surface area contributed by atoms with E-state index in [4.69, 9.17) is 23.2 Å². The van der Waals surface area contributed by atoms with Gasteiger partial charge in [-0.25, -0.2) is 0 Å². The lowest BCUT2D eigenvalue weighted by Crippen LogP contribution is -2.45. The van der Waals surface area contributed by atoms with Gasteiger partial charge in [0, 0.05) is 53.7 Å². The summed E-state index contributed by atoms with van der Waals surface area (Å²) in [5.74, 6) is -4.94. The third-order valence-electron chi connectivity index (χ3n) is 7.39. The van der Waals surface area contributed by atoms with E-state index in [1.807, 2.05) is 17.6 Å². The number of carbonyl (C=O) groups is 2. The summed E-state index contributed by atoms with van der Waals surface area (Å²) in [7, 11) is 1.79. The van der Waals surface area contributed by atoms with Crippen LogP contribution in [0.5, 0.6) is 0 Å². The van der Waals surface area contributed by atoms with Crippen molar-refractivity contribution in [2.75, 3.05) is 13.1 Å². The summed E-state index contributed by atoms with van der Waals surface area (Å²) in [5, 5.41) is 10.8. The number of aryl methyl sites for hydroxylation is 2. The number of fused-ring (bicyclic) bond motifs is 1. The summed E-state index contributed by atoms with van der Waals surface area (Å²) in [4.78, 5) is 26.4. The number of allylic oxidation sites excluding steroid dienone is 1. The Morgan fingerprint density at radius 1 is 1.24 bits per heavy atom. The maximum absolute atomic E-state index is 14.3. The smallest absolute Gasteiger partial charge is 0.306 e. The third-order valence-corrected chi connectivity index (χ3v) is 8.18. The Bertz CT molecular complexity index is 1420. The number of carbonyl (C=O) groups excluding carboxylic acids is 1. The van der Waals surface area contributed by atoms with E-state index in [0.29, 0.717) is 52.8 Å². The van der Waals surface area contributed by atoms with Crippen LogP contribution in [-0.4, -0.2) is 39.5 Å². The van der Waals surface area contributed by atoms with E-state index >= 15 is 0 Å². The van der Waals surface area contributed by atoms with Gasteiger partial charge in [-0.2, -0.15) is 8.78 Å². The monoisotopic (exact) mass is 548 g/mol. The van der Waals surface area contributed by atoms with Gasteiger partial charge in [-0.15, -0.1) is 0 Å². The molecule has 0 spiro atoms. The first kappa shape index (κ1) is 27.1. The molecule has 1 N–H and O–H groups in total. The standard InChI is InChI=1S/C28H28Cl2F2N2O3/c1-5-28(31,32)17-10-15(2)21-12-18(33(4)24(21)11-17)13-22-23(29)7-6-20(25(22)30)26(35)34-9-8-19(27(36)37)16(3)14-34/h5-7,10-12,16,19H,1,8-9,13-14H2,2-4H3,(H,36,37). The highest BCUT2D eigenvalue weighted by Crippen LogP contribution is 2.36. The van der Waals surface area contributed by atoms with E-state index in [-0.39, 0.29) is 28.8 Å². The summed E-state index contributed by atoms with van der Waals surface area (Å²) in [6.45, 7) is 7.51. The minimum absolute atomic E-state index is 0.134. The number of nitrogens with zero attached hydrogens (tertiary/aromatic N) is 2. The summed E-state index contributed by atoms with van der Waals surface area (Å²) in [5.41, 5.74) is 2.86. The Kier molecular flexibility index (Phi) is 7.41. The van der Waals surface area contributed by atoms with Crippen LogP contribution in [0.2, 0.25) is 10.0 Å². The maximum Gasteiger partial charge on any atom is 0.306 e. The summed E-state index contributed by atoms with van der Waals surface area (Å²) >= 11 is 13.2. The fourth-order valence-corrected chi connectivity index (χ4v) is 5.70. The molecule has 0 radical (unpaired) electrons. The lowest BCUT2D eigenvalue weighted by atomic mass is 9.86. The lowest BCUT2D eigenvalue weighted by molar-refractivity contribution is -0.145. The number of amides is 1. The fourth-order valence-electron chi connectivity index (χ4n) is 5.12. The zero-order valence-corrected chi connectivity index (χ0v) is 22.3. The largest absolute Gasteiger partial charge is 0.481 e. The van der Waals surface area contributed by atoms with Gasteiger partial charge in [-0.3, -0.25) is 9.59 Å². The highest BCUT2D eigenvalue weighted by molar-refractivity contribution is 6.38. The predicted molar refractivity (Wildman–Crippen MR) is 142 cm³/mol. The molecule has 2 unspecified atom stereocenters. The normalized spacial score (nSPS) is 18.3. The van der Waals surface area contributed by atoms with E-state index in [2.05, 4.69) is 6.58 Å². The zero-order valence-electron chi connectivity index (χ0n) is 20.8. The lowest BCUT2D eigenvalue weighted by Gasteiger charge is -2.35. The first-order valence-electron chi connectivity index (χ1n) is 12.0. The molecule has 5 nitrogen and oxygen atoms in total. The summed E-state index contributed by atoms with van der Waals surface area (Å²) in [6.07, 6.45) is 1.29. The Morgan fingerprint density at radius 2 is 1.95 bits per heavy atom. The average Bonchev–Trinajstić information content (AvgIpc) is 3.16. The Labute approximate surface area is 224 Å². The molecule has 37 heavy (non-hydrogen) atoms. The Balaban J connectivity index is 1.67. The number of hydrogen-bond donors (Lipinski definition) is 1. The number of aromatic nitrogens is 1. The van der Waals surface area contributed by atoms with Crippen LogP contribution in [0.3, 0.4) is 0 Å². The molecule has 1 aliphatic heterocycles. The fraction of sp³-hybridized carbons (Fsp3) is 0.357. The van der Waals surface area contributed by atoms with Crippen LogP contribution < -0.4 is 0 Å². The van der Waals surface area contributed by atoms with Gasteiger partial charge in [0.05, 0.1) is 16.5 Å². The molecule has 4 rings (SSSR count). The molecule has 2 aromatic carbocycles. The highest BCUT2D eigenvalue weighted by atomic mass is 35.5. The Morgan fingerprint density at radius 3 is 2.57 bits per heavy atom. The zero-order chi connectivity index (χ0) is 27.2. The van der Waals surface area contributed by atoms with Crippen molar-refractivity contribution in [3.8, 4) is 0 Å². The summed E-state index contributed by atoms with van der Waals surface area (Å²) < 4.78 is 30.5. The van der Waals surface area contributed by atoms with E-state index in [0.717, 1.165) is 11.1 Å². The van der Waals surface area contributed by atoms with Gasteiger partial charge >= 0.3 is 5.97 Å². The van der Waals surface area contributed by atoms with Crippen molar-refractivity contribution in [3.05, 3.63) is 81.0 Å². The Hall–Kier alpha value is -2.90. The first-order chi connectivity index (χ1) is 17.4. The predicted octanol–water partition coefficient (Wildman–Crippen LogP) is 6.84.